The van der Waals surface area contributed by atoms with Crippen molar-refractivity contribution in [2.45, 2.75) is 96.7 Å². The number of ether oxygens (including phenoxy) is 2. The molecule has 2 heterocycles. The van der Waals surface area contributed by atoms with Crippen molar-refractivity contribution in [3.8, 4) is 0 Å². The van der Waals surface area contributed by atoms with Gasteiger partial charge in [-0.05, 0) is 78.5 Å². The van der Waals surface area contributed by atoms with E-state index in [1.165, 1.54) is 18.5 Å². The first-order chi connectivity index (χ1) is 17.2. The fraction of sp³-hybridized carbons (Fsp3) is 0.818. The molecule has 0 amide bonds. The molecule has 0 aliphatic rings. The second-order valence-electron chi connectivity index (χ2n) is 10.6. The lowest BCUT2D eigenvalue weighted by molar-refractivity contribution is 0.0718. The van der Waals surface area contributed by atoms with Crippen LogP contribution >= 0.6 is 72.2 Å². The third-order valence-electron chi connectivity index (χ3n) is 4.29. The van der Waals surface area contributed by atoms with Gasteiger partial charge in [0, 0.05) is 35.1 Å². The van der Waals surface area contributed by atoms with E-state index in [0.29, 0.717) is 27.7 Å². The van der Waals surface area contributed by atoms with Gasteiger partial charge in [0.15, 0.2) is 9.89 Å². The molecule has 0 atom stereocenters. The van der Waals surface area contributed by atoms with Crippen molar-refractivity contribution in [2.75, 3.05) is 24.7 Å². The molecule has 0 bridgehead atoms. The van der Waals surface area contributed by atoms with Crippen molar-refractivity contribution in [2.24, 2.45) is 0 Å². The maximum absolute atomic E-state index is 5.69. The van der Waals surface area contributed by atoms with Gasteiger partial charge in [-0.3, -0.25) is 0 Å². The molecule has 0 fully saturated rings. The van der Waals surface area contributed by atoms with Gasteiger partial charge in [0.05, 0.1) is 0 Å². The van der Waals surface area contributed by atoms with Crippen molar-refractivity contribution >= 4 is 88.3 Å². The number of rotatable bonds is 14. The molecule has 15 heteroatoms. The predicted octanol–water partition coefficient (Wildman–Crippen LogP) is 8.30. The van der Waals surface area contributed by atoms with Gasteiger partial charge in [0.25, 0.3) is 0 Å². The van der Waals surface area contributed by atoms with Crippen LogP contribution in [0.15, 0.2) is 19.4 Å². The predicted molar refractivity (Wildman–Crippen MR) is 177 cm³/mol. The van der Waals surface area contributed by atoms with Gasteiger partial charge in [0.2, 0.25) is 9.47 Å². The van der Waals surface area contributed by atoms with Crippen LogP contribution in [0.2, 0.25) is 51.4 Å². The molecule has 2 aromatic heterocycles. The molecule has 0 saturated heterocycles. The van der Waals surface area contributed by atoms with Crippen molar-refractivity contribution in [1.29, 1.82) is 0 Å². The number of thioether (sulfide) groups is 1. The summed E-state index contributed by atoms with van der Waals surface area (Å²) in [5.74, 6) is 2.07. The third kappa shape index (κ3) is 21.2. The Morgan fingerprint density at radius 2 is 1.24 bits per heavy atom. The van der Waals surface area contributed by atoms with Crippen LogP contribution in [-0.2, 0) is 22.9 Å². The SMILES string of the molecule is CCCS.CCCSc1nc(Br)nn1COCC[Si](C)(C)C.C[Si](C)(C)CCOCn1nc(Br)nc1Br. The largest absolute Gasteiger partial charge is 0.359 e. The monoisotopic (exact) mass is 782 g/mol. The molecule has 0 spiro atoms. The average molecular weight is 786 g/mol. The summed E-state index contributed by atoms with van der Waals surface area (Å²) in [6.45, 7) is 20.9. The van der Waals surface area contributed by atoms with Gasteiger partial charge < -0.3 is 9.47 Å². The number of hydrogen-bond acceptors (Lipinski definition) is 8. The van der Waals surface area contributed by atoms with Gasteiger partial charge in [-0.25, -0.2) is 9.36 Å². The highest BCUT2D eigenvalue weighted by Gasteiger charge is 2.14. The summed E-state index contributed by atoms with van der Waals surface area (Å²) in [7, 11) is -2.00. The maximum Gasteiger partial charge on any atom is 0.218 e. The summed E-state index contributed by atoms with van der Waals surface area (Å²) in [5, 5.41) is 9.32. The van der Waals surface area contributed by atoms with Crippen LogP contribution in [0.4, 0.5) is 0 Å². The Kier molecular flexibility index (Phi) is 21.1. The summed E-state index contributed by atoms with van der Waals surface area (Å²) in [6, 6.07) is 2.35. The molecule has 0 aliphatic heterocycles. The Hall–Kier alpha value is 0.774. The van der Waals surface area contributed by atoms with Crippen molar-refractivity contribution < 1.29 is 9.47 Å². The molecule has 216 valence electrons. The fourth-order valence-electron chi connectivity index (χ4n) is 2.12. The highest BCUT2D eigenvalue weighted by molar-refractivity contribution is 9.11. The fourth-order valence-corrected chi connectivity index (χ4v) is 5.84. The van der Waals surface area contributed by atoms with Crippen LogP contribution < -0.4 is 0 Å². The molecule has 0 aromatic carbocycles. The second-order valence-corrected chi connectivity index (χ2v) is 25.5. The standard InChI is InChI=1S/C11H22BrN3OSSi.C8H15Br2N3OSi.C3H8S/c1-5-7-17-11-13-10(12)14-15(11)9-16-6-8-18(2,3)4;1-15(2,3)5-4-14-6-13-8(10)11-7(9)12-13;1-2-3-4/h5-9H2,1-4H3;4-6H2,1-3H3;4H,2-3H2,1H3. The van der Waals surface area contributed by atoms with Gasteiger partial charge >= 0.3 is 0 Å². The van der Waals surface area contributed by atoms with E-state index < -0.39 is 16.1 Å². The smallest absolute Gasteiger partial charge is 0.218 e. The summed E-state index contributed by atoms with van der Waals surface area (Å²) in [5.41, 5.74) is 0. The summed E-state index contributed by atoms with van der Waals surface area (Å²) in [6.07, 6.45) is 2.31. The highest BCUT2D eigenvalue weighted by Crippen LogP contribution is 2.19. The summed E-state index contributed by atoms with van der Waals surface area (Å²) >= 11 is 15.4. The topological polar surface area (TPSA) is 79.9 Å². The van der Waals surface area contributed by atoms with Crippen LogP contribution in [0.25, 0.3) is 0 Å². The lowest BCUT2D eigenvalue weighted by Gasteiger charge is -2.15. The maximum atomic E-state index is 5.69. The Balaban J connectivity index is 0.000000619. The van der Waals surface area contributed by atoms with E-state index in [-0.39, 0.29) is 0 Å². The summed E-state index contributed by atoms with van der Waals surface area (Å²) in [4.78, 5) is 8.39. The molecule has 2 aromatic rings. The number of nitrogens with zero attached hydrogens (tertiary/aromatic N) is 6. The van der Waals surface area contributed by atoms with E-state index in [4.69, 9.17) is 9.47 Å². The van der Waals surface area contributed by atoms with E-state index in [1.807, 2.05) is 4.68 Å². The molecular formula is C22H45Br3N6O2S2Si2. The lowest BCUT2D eigenvalue weighted by atomic mass is 10.6. The van der Waals surface area contributed by atoms with Gasteiger partial charge in [-0.2, -0.15) is 22.6 Å². The zero-order chi connectivity index (χ0) is 28.5. The Labute approximate surface area is 261 Å². The third-order valence-corrected chi connectivity index (χ3v) is 10.6. The Morgan fingerprint density at radius 3 is 1.65 bits per heavy atom. The van der Waals surface area contributed by atoms with Crippen LogP contribution in [0.5, 0.6) is 0 Å². The van der Waals surface area contributed by atoms with Crippen LogP contribution in [0, 0.1) is 0 Å². The average Bonchev–Trinajstić information content (AvgIpc) is 3.31. The molecule has 37 heavy (non-hydrogen) atoms. The van der Waals surface area contributed by atoms with Crippen molar-refractivity contribution in [3.05, 3.63) is 14.2 Å². The number of halogens is 3. The molecule has 8 nitrogen and oxygen atoms in total. The van der Waals surface area contributed by atoms with E-state index in [2.05, 4.69) is 134 Å². The first-order valence-electron chi connectivity index (χ1n) is 12.5. The zero-order valence-corrected chi connectivity index (χ0v) is 32.0. The molecule has 0 saturated carbocycles. The van der Waals surface area contributed by atoms with E-state index in [1.54, 1.807) is 16.4 Å². The van der Waals surface area contributed by atoms with Gasteiger partial charge in [-0.1, -0.05) is 64.9 Å². The van der Waals surface area contributed by atoms with Gasteiger partial charge in [0.1, 0.15) is 13.5 Å². The normalized spacial score (nSPS) is 11.6. The van der Waals surface area contributed by atoms with Crippen LogP contribution in [0.3, 0.4) is 0 Å². The molecule has 0 N–H and O–H groups in total. The molecule has 0 unspecified atom stereocenters. The van der Waals surface area contributed by atoms with Crippen molar-refractivity contribution in [1.82, 2.24) is 29.5 Å². The van der Waals surface area contributed by atoms with Crippen LogP contribution in [0.1, 0.15) is 26.7 Å². The molecule has 0 radical (unpaired) electrons. The van der Waals surface area contributed by atoms with Crippen LogP contribution in [-0.4, -0.2) is 70.4 Å². The molecule has 2 rings (SSSR count). The minimum absolute atomic E-state index is 0.448. The molecule has 0 aliphatic carbocycles. The Bertz CT molecular complexity index is 863. The Morgan fingerprint density at radius 1 is 0.784 bits per heavy atom. The minimum Gasteiger partial charge on any atom is -0.359 e. The minimum atomic E-state index is -1.01. The van der Waals surface area contributed by atoms with E-state index >= 15 is 0 Å². The summed E-state index contributed by atoms with van der Waals surface area (Å²) < 4.78 is 16.6. The van der Waals surface area contributed by atoms with E-state index in [9.17, 15) is 0 Å². The quantitative estimate of drug-likeness (QED) is 0.0894. The second kappa shape index (κ2) is 20.6. The van der Waals surface area contributed by atoms with Crippen molar-refractivity contribution in [3.63, 3.8) is 0 Å². The lowest BCUT2D eigenvalue weighted by Crippen LogP contribution is -2.22. The number of hydrogen-bond donors (Lipinski definition) is 1. The number of thiol groups is 1. The number of aromatic nitrogens is 6. The highest BCUT2D eigenvalue weighted by atomic mass is 79.9. The zero-order valence-electron chi connectivity index (χ0n) is 23.6. The first-order valence-corrected chi connectivity index (χ1v) is 23.9. The van der Waals surface area contributed by atoms with E-state index in [0.717, 1.165) is 36.3 Å². The van der Waals surface area contributed by atoms with Gasteiger partial charge in [-0.15, -0.1) is 10.2 Å². The molecular weight excluding hydrogens is 740 g/mol. The first kappa shape index (κ1) is 37.8.